The normalized spacial score (nSPS) is 12.6. The SMILES string of the molecule is CCCCCCCCC=CCCCCCCCCOCC(COCCCCCC(=O)OC)N(C)C. The van der Waals surface area contributed by atoms with Gasteiger partial charge in [-0.15, -0.1) is 0 Å². The van der Waals surface area contributed by atoms with Crippen molar-refractivity contribution in [2.75, 3.05) is 47.6 Å². The molecule has 0 spiro atoms. The third-order valence-corrected chi connectivity index (χ3v) is 6.55. The minimum absolute atomic E-state index is 0.127. The second-order valence-electron chi connectivity index (χ2n) is 10.1. The number of nitrogens with zero attached hydrogens (tertiary/aromatic N) is 1. The summed E-state index contributed by atoms with van der Waals surface area (Å²) in [6.45, 7) is 5.28. The van der Waals surface area contributed by atoms with Crippen molar-refractivity contribution in [3.05, 3.63) is 12.2 Å². The lowest BCUT2D eigenvalue weighted by molar-refractivity contribution is -0.140. The summed E-state index contributed by atoms with van der Waals surface area (Å²) < 4.78 is 16.4. The van der Waals surface area contributed by atoms with Gasteiger partial charge in [0, 0.05) is 19.6 Å². The Morgan fingerprint density at radius 2 is 1.14 bits per heavy atom. The molecule has 5 heteroatoms. The second kappa shape index (κ2) is 27.7. The van der Waals surface area contributed by atoms with Crippen LogP contribution in [-0.4, -0.2) is 64.5 Å². The van der Waals surface area contributed by atoms with Crippen LogP contribution in [0.1, 0.15) is 122 Å². The van der Waals surface area contributed by atoms with Crippen LogP contribution in [-0.2, 0) is 19.0 Å². The van der Waals surface area contributed by atoms with Gasteiger partial charge in [0.05, 0.1) is 26.4 Å². The molecular weight excluding hydrogens is 438 g/mol. The highest BCUT2D eigenvalue weighted by Crippen LogP contribution is 2.10. The van der Waals surface area contributed by atoms with Gasteiger partial charge >= 0.3 is 5.97 Å². The highest BCUT2D eigenvalue weighted by molar-refractivity contribution is 5.68. The van der Waals surface area contributed by atoms with E-state index in [-0.39, 0.29) is 5.97 Å². The lowest BCUT2D eigenvalue weighted by atomic mass is 10.1. The molecule has 0 heterocycles. The van der Waals surface area contributed by atoms with E-state index in [0.29, 0.717) is 19.1 Å². The van der Waals surface area contributed by atoms with Gasteiger partial charge in [0.25, 0.3) is 0 Å². The second-order valence-corrected chi connectivity index (χ2v) is 10.1. The molecule has 0 aromatic heterocycles. The summed E-state index contributed by atoms with van der Waals surface area (Å²) in [5.41, 5.74) is 0. The molecule has 0 amide bonds. The number of methoxy groups -OCH3 is 1. The molecular formula is C30H59NO4. The molecule has 0 bridgehead atoms. The molecule has 0 rings (SSSR count). The molecule has 0 aliphatic rings. The Balaban J connectivity index is 3.44. The first-order valence-corrected chi connectivity index (χ1v) is 14.7. The topological polar surface area (TPSA) is 48.0 Å². The first kappa shape index (κ1) is 34.1. The van der Waals surface area contributed by atoms with Crippen LogP contribution >= 0.6 is 0 Å². The lowest BCUT2D eigenvalue weighted by Crippen LogP contribution is -2.37. The summed E-state index contributed by atoms with van der Waals surface area (Å²) in [6.07, 6.45) is 26.8. The van der Waals surface area contributed by atoms with Crippen LogP contribution in [0.2, 0.25) is 0 Å². The molecule has 0 aromatic rings. The summed E-state index contributed by atoms with van der Waals surface area (Å²) in [6, 6.07) is 0.291. The van der Waals surface area contributed by atoms with E-state index in [1.165, 1.54) is 90.6 Å². The number of rotatable bonds is 27. The van der Waals surface area contributed by atoms with Crippen molar-refractivity contribution in [1.82, 2.24) is 4.90 Å². The van der Waals surface area contributed by atoms with E-state index in [0.717, 1.165) is 45.5 Å². The van der Waals surface area contributed by atoms with Crippen molar-refractivity contribution in [2.24, 2.45) is 0 Å². The quantitative estimate of drug-likeness (QED) is 0.0660. The Hall–Kier alpha value is -0.910. The zero-order chi connectivity index (χ0) is 25.8. The Morgan fingerprint density at radius 1 is 0.686 bits per heavy atom. The number of unbranched alkanes of at least 4 members (excludes halogenated alkanes) is 14. The number of carbonyl (C=O) groups is 1. The van der Waals surface area contributed by atoms with E-state index in [4.69, 9.17) is 9.47 Å². The summed E-state index contributed by atoms with van der Waals surface area (Å²) in [5.74, 6) is -0.127. The Labute approximate surface area is 218 Å². The van der Waals surface area contributed by atoms with Crippen LogP contribution in [0.15, 0.2) is 12.2 Å². The summed E-state index contributed by atoms with van der Waals surface area (Å²) in [7, 11) is 5.60. The van der Waals surface area contributed by atoms with E-state index >= 15 is 0 Å². The Morgan fingerprint density at radius 3 is 1.63 bits per heavy atom. The smallest absolute Gasteiger partial charge is 0.305 e. The molecule has 208 valence electrons. The van der Waals surface area contributed by atoms with Gasteiger partial charge in [-0.2, -0.15) is 0 Å². The number of carbonyl (C=O) groups excluding carboxylic acids is 1. The number of esters is 1. The van der Waals surface area contributed by atoms with E-state index in [1.807, 2.05) is 0 Å². The molecule has 1 atom stereocenters. The molecule has 0 saturated heterocycles. The van der Waals surface area contributed by atoms with Crippen LogP contribution in [0.25, 0.3) is 0 Å². The minimum Gasteiger partial charge on any atom is -0.469 e. The third kappa shape index (κ3) is 26.0. The molecule has 1 unspecified atom stereocenters. The number of hydrogen-bond donors (Lipinski definition) is 0. The van der Waals surface area contributed by atoms with Crippen LogP contribution in [0, 0.1) is 0 Å². The van der Waals surface area contributed by atoms with Crippen LogP contribution in [0.4, 0.5) is 0 Å². The molecule has 0 N–H and O–H groups in total. The third-order valence-electron chi connectivity index (χ3n) is 6.55. The largest absolute Gasteiger partial charge is 0.469 e. The molecule has 0 radical (unpaired) electrons. The van der Waals surface area contributed by atoms with Crippen molar-refractivity contribution in [1.29, 1.82) is 0 Å². The first-order chi connectivity index (χ1) is 17.1. The molecule has 0 aliphatic heterocycles. The maximum absolute atomic E-state index is 11.1. The summed E-state index contributed by atoms with van der Waals surface area (Å²) >= 11 is 0. The maximum atomic E-state index is 11.1. The van der Waals surface area contributed by atoms with Crippen molar-refractivity contribution in [3.8, 4) is 0 Å². The number of likely N-dealkylation sites (N-methyl/N-ethyl adjacent to an activating group) is 1. The molecule has 5 nitrogen and oxygen atoms in total. The van der Waals surface area contributed by atoms with Gasteiger partial charge in [0.1, 0.15) is 0 Å². The number of hydrogen-bond acceptors (Lipinski definition) is 5. The average molecular weight is 498 g/mol. The summed E-state index contributed by atoms with van der Waals surface area (Å²) in [5, 5.41) is 0. The molecule has 35 heavy (non-hydrogen) atoms. The average Bonchev–Trinajstić information content (AvgIpc) is 2.85. The monoisotopic (exact) mass is 497 g/mol. The van der Waals surface area contributed by atoms with Gasteiger partial charge in [-0.3, -0.25) is 4.79 Å². The van der Waals surface area contributed by atoms with Gasteiger partial charge in [-0.25, -0.2) is 0 Å². The standard InChI is InChI=1S/C30H59NO4/c1-5-6-7-8-9-10-11-12-13-14-15-16-17-18-19-22-25-34-27-29(31(2)3)28-35-26-23-20-21-24-30(32)33-4/h12-13,29H,5-11,14-28H2,1-4H3. The number of ether oxygens (including phenoxy) is 3. The molecule has 0 aromatic carbocycles. The van der Waals surface area contributed by atoms with Crippen molar-refractivity contribution in [3.63, 3.8) is 0 Å². The molecule has 0 fully saturated rings. The predicted molar refractivity (Wildman–Crippen MR) is 149 cm³/mol. The van der Waals surface area contributed by atoms with Crippen LogP contribution < -0.4 is 0 Å². The summed E-state index contributed by atoms with van der Waals surface area (Å²) in [4.78, 5) is 13.3. The van der Waals surface area contributed by atoms with Crippen LogP contribution in [0.3, 0.4) is 0 Å². The fourth-order valence-electron chi connectivity index (χ4n) is 3.99. The fraction of sp³-hybridized carbons (Fsp3) is 0.900. The van der Waals surface area contributed by atoms with Gasteiger partial charge < -0.3 is 19.1 Å². The zero-order valence-corrected chi connectivity index (χ0v) is 23.9. The first-order valence-electron chi connectivity index (χ1n) is 14.7. The molecule has 0 saturated carbocycles. The Bertz CT molecular complexity index is 467. The van der Waals surface area contributed by atoms with E-state index in [1.54, 1.807) is 0 Å². The van der Waals surface area contributed by atoms with Crippen molar-refractivity contribution in [2.45, 2.75) is 129 Å². The van der Waals surface area contributed by atoms with E-state index in [9.17, 15) is 4.79 Å². The highest BCUT2D eigenvalue weighted by atomic mass is 16.5. The fourth-order valence-corrected chi connectivity index (χ4v) is 3.99. The minimum atomic E-state index is -0.127. The maximum Gasteiger partial charge on any atom is 0.305 e. The van der Waals surface area contributed by atoms with Crippen molar-refractivity contribution >= 4 is 5.97 Å². The Kier molecular flexibility index (Phi) is 27.0. The van der Waals surface area contributed by atoms with Gasteiger partial charge in [-0.05, 0) is 59.0 Å². The number of allylic oxidation sites excluding steroid dienone is 2. The van der Waals surface area contributed by atoms with Gasteiger partial charge in [0.2, 0.25) is 0 Å². The predicted octanol–water partition coefficient (Wildman–Crippen LogP) is 7.72. The van der Waals surface area contributed by atoms with Crippen LogP contribution in [0.5, 0.6) is 0 Å². The zero-order valence-electron chi connectivity index (χ0n) is 23.9. The van der Waals surface area contributed by atoms with E-state index in [2.05, 4.69) is 42.8 Å². The lowest BCUT2D eigenvalue weighted by Gasteiger charge is -2.24. The van der Waals surface area contributed by atoms with Gasteiger partial charge in [0.15, 0.2) is 0 Å². The van der Waals surface area contributed by atoms with E-state index < -0.39 is 0 Å². The van der Waals surface area contributed by atoms with Gasteiger partial charge in [-0.1, -0.05) is 83.3 Å². The highest BCUT2D eigenvalue weighted by Gasteiger charge is 2.11. The van der Waals surface area contributed by atoms with Crippen molar-refractivity contribution < 1.29 is 19.0 Å². The molecule has 0 aliphatic carbocycles.